The number of pyridine rings is 4. The first-order chi connectivity index (χ1) is 33.8. The Balaban J connectivity index is -0.0000000908. The number of esters is 1. The van der Waals surface area contributed by atoms with Gasteiger partial charge in [0.2, 0.25) is 20.7 Å². The van der Waals surface area contributed by atoms with Crippen LogP contribution in [0.5, 0.6) is 23.0 Å². The molecule has 0 saturated carbocycles. The maximum atomic E-state index is 11.8. The van der Waals surface area contributed by atoms with Crippen LogP contribution in [-0.2, 0) is 38.5 Å². The molecule has 398 valence electrons. The first-order valence-corrected chi connectivity index (χ1v) is 21.0. The zero-order valence-electron chi connectivity index (χ0n) is 43.2. The zero-order chi connectivity index (χ0) is 54.3. The third kappa shape index (κ3) is 40.7. The van der Waals surface area contributed by atoms with Gasteiger partial charge in [-0.05, 0) is 108 Å². The Kier molecular flexibility index (Phi) is 65.7. The summed E-state index contributed by atoms with van der Waals surface area (Å²) in [7, 11) is -2.00. The van der Waals surface area contributed by atoms with Gasteiger partial charge in [-0.15, -0.1) is 6.58 Å². The maximum absolute atomic E-state index is 11.8. The first-order valence-electron chi connectivity index (χ1n) is 19.2. The van der Waals surface area contributed by atoms with Crippen molar-refractivity contribution in [1.82, 2.24) is 19.9 Å². The van der Waals surface area contributed by atoms with Crippen molar-refractivity contribution in [2.24, 2.45) is 0 Å². The predicted molar refractivity (Wildman–Crippen MR) is 260 cm³/mol. The van der Waals surface area contributed by atoms with Crippen molar-refractivity contribution in [3.8, 4) is 23.0 Å². The van der Waals surface area contributed by atoms with Crippen molar-refractivity contribution >= 4 is 118 Å². The summed E-state index contributed by atoms with van der Waals surface area (Å²) in [5.74, 6) is 0.0157. The molecule has 0 spiro atoms. The van der Waals surface area contributed by atoms with Gasteiger partial charge in [0.15, 0.2) is 43.0 Å². The van der Waals surface area contributed by atoms with E-state index in [1.54, 1.807) is 30.0 Å². The molecular formula is C39H48Br4F2K4N8O18. The third-order valence-electron chi connectivity index (χ3n) is 6.65. The van der Waals surface area contributed by atoms with Gasteiger partial charge in [-0.3, -0.25) is 32.9 Å². The van der Waals surface area contributed by atoms with Gasteiger partial charge in [0, 0.05) is 50.5 Å². The summed E-state index contributed by atoms with van der Waals surface area (Å²) in [6.07, 6.45) is 3.61. The van der Waals surface area contributed by atoms with E-state index in [1.165, 1.54) is 24.3 Å². The molecule has 2 amide bonds. The summed E-state index contributed by atoms with van der Waals surface area (Å²) in [5.41, 5.74) is 0. The molecule has 0 aromatic carbocycles. The molecule has 0 fully saturated rings. The van der Waals surface area contributed by atoms with Crippen molar-refractivity contribution in [3.63, 3.8) is 0 Å². The molecule has 2 N–H and O–H groups in total. The number of alkyl halides is 2. The Bertz CT molecular complexity index is 2350. The molecule has 0 unspecified atom stereocenters. The molecule has 6 rings (SSSR count). The molecule has 4 aromatic rings. The Morgan fingerprint density at radius 2 is 1.29 bits per heavy atom. The Morgan fingerprint density at radius 1 is 0.840 bits per heavy atom. The van der Waals surface area contributed by atoms with Crippen LogP contribution in [-0.4, -0.2) is 113 Å². The number of amides is 2. The fourth-order valence-corrected chi connectivity index (χ4v) is 5.38. The minimum atomic E-state index is -1.00. The quantitative estimate of drug-likeness (QED) is 0.0154. The summed E-state index contributed by atoms with van der Waals surface area (Å²) in [6, 6.07) is 12.6. The van der Waals surface area contributed by atoms with Crippen LogP contribution in [0, 0.1) is 20.2 Å². The molecule has 0 radical (unpaired) electrons. The number of hydrogen-bond acceptors (Lipinski definition) is 22. The normalized spacial score (nSPS) is 10.2. The Labute approximate surface area is 638 Å². The number of halogens is 6. The number of ether oxygens (including phenoxy) is 4. The molecule has 0 aliphatic carbocycles. The van der Waals surface area contributed by atoms with Crippen molar-refractivity contribution in [3.05, 3.63) is 99.8 Å². The Hall–Kier alpha value is -0.0645. The van der Waals surface area contributed by atoms with Gasteiger partial charge < -0.3 is 72.7 Å². The van der Waals surface area contributed by atoms with Crippen molar-refractivity contribution in [2.75, 3.05) is 57.5 Å². The molecule has 0 saturated heterocycles. The van der Waals surface area contributed by atoms with Crippen LogP contribution >= 0.6 is 63.7 Å². The predicted octanol–water partition coefficient (Wildman–Crippen LogP) is -5.58. The fraction of sp³-hybridized carbons (Fsp3) is 0.308. The number of nitro groups is 2. The van der Waals surface area contributed by atoms with E-state index in [0.717, 1.165) is 12.8 Å². The average Bonchev–Trinajstić information content (AvgIpc) is 3.33. The number of hydrogen-bond donors (Lipinski definition) is 2. The average molecular weight is 1430 g/mol. The molecular weight excluding hydrogens is 1380 g/mol. The van der Waals surface area contributed by atoms with Crippen molar-refractivity contribution in [1.29, 1.82) is 0 Å². The summed E-state index contributed by atoms with van der Waals surface area (Å²) in [5, 5.41) is 49.1. The van der Waals surface area contributed by atoms with Crippen LogP contribution < -0.4 is 240 Å². The standard InChI is InChI=1S/C12H13BrN2O2.C9H9BrN2O5.C7H5BrN2O2.C5H3BrN2O3.2CH3F.2CH2O3.2CH4.4K.2H/c1-2-3-4-7-15-11(16)8-17-9-5-6-10(13)14-12(9)15;1-2-16-8(13)5-17-6-3-4-7(10)11-9(6)12(14)15;8-5-2-1-4-7(9-5)10-6(11)3-12-4;6-4-2-1-3(9)5(7-4)8(10)11;2*1-2;2*2-1-4-3;;;;;;;;/h2,5-6H,1,3-4,7-8H2;3-4H,2,5H2,1H3;1-2H,3H2,(H,9,10,11);1-2,9H;2*1H3;2*1,3H;2*1H4;;;;;;/q;;;;;;;;;;4*+1;2*-1/p-2/i;;;;2*1D;;;;;;;;;;. The molecule has 2 aliphatic rings. The van der Waals surface area contributed by atoms with E-state index in [1.807, 2.05) is 12.1 Å². The van der Waals surface area contributed by atoms with Crippen LogP contribution in [0.2, 0.25) is 0 Å². The number of unbranched alkanes of at least 4 members (excludes halogenated alkanes) is 1. The van der Waals surface area contributed by atoms with E-state index in [9.17, 15) is 43.4 Å². The monoisotopic (exact) mass is 1430 g/mol. The van der Waals surface area contributed by atoms with E-state index in [0.29, 0.717) is 48.1 Å². The Morgan fingerprint density at radius 3 is 1.77 bits per heavy atom. The van der Waals surface area contributed by atoms with Gasteiger partial charge in [0.25, 0.3) is 24.8 Å². The summed E-state index contributed by atoms with van der Waals surface area (Å²) in [6.45, 7) is 5.59. The number of carbonyl (C=O) groups is 5. The number of nitrogens with zero attached hydrogens (tertiary/aromatic N) is 7. The molecule has 4 aromatic heterocycles. The smallest absolute Gasteiger partial charge is 1.00 e. The zero-order valence-corrected chi connectivity index (χ0v) is 58.0. The molecule has 75 heavy (non-hydrogen) atoms. The van der Waals surface area contributed by atoms with E-state index in [2.05, 4.69) is 110 Å². The van der Waals surface area contributed by atoms with Crippen LogP contribution in [0.15, 0.2) is 79.6 Å². The number of nitrogens with one attached hydrogen (secondary N) is 1. The summed E-state index contributed by atoms with van der Waals surface area (Å²) in [4.78, 5) is 92.6. The van der Waals surface area contributed by atoms with E-state index in [-0.39, 0.29) is 274 Å². The van der Waals surface area contributed by atoms with Gasteiger partial charge in [-0.1, -0.05) is 20.9 Å². The largest absolute Gasteiger partial charge is 1.00 e. The van der Waals surface area contributed by atoms with E-state index in [4.69, 9.17) is 42.2 Å². The molecule has 0 atom stereocenters. The SMILES string of the molecule is C.C.C=CCCCN1C(=O)COc2ccc(Br)nc21.CCOC(=O)COc1ccc(Br)nc1[N+](=O)[O-].O=C1COc2ccc(Br)nc2N1.O=CO[O-].O=CO[O-].O=[N+]([O-])c1nc(Br)ccc1O.[2H]CF.[2H]CF.[H-].[H-].[K+].[K+].[K+].[K+]. The number of fused-ring (bicyclic) bond motifs is 2. The second-order valence-corrected chi connectivity index (χ2v) is 14.2. The summed E-state index contributed by atoms with van der Waals surface area (Å²) >= 11 is 12.4. The van der Waals surface area contributed by atoms with Crippen LogP contribution in [0.25, 0.3) is 0 Å². The van der Waals surface area contributed by atoms with Gasteiger partial charge in [0.05, 0.1) is 23.7 Å². The number of aromatic hydroxyl groups is 1. The van der Waals surface area contributed by atoms with Crippen molar-refractivity contribution < 1.29 is 298 Å². The number of allylic oxidation sites excluding steroid dienone is 1. The molecule has 0 bridgehead atoms. The van der Waals surface area contributed by atoms with Gasteiger partial charge in [-0.25, -0.2) is 14.8 Å². The fourth-order valence-electron chi connectivity index (χ4n) is 4.17. The van der Waals surface area contributed by atoms with Gasteiger partial charge in [-0.2, -0.15) is 0 Å². The van der Waals surface area contributed by atoms with Gasteiger partial charge in [0.1, 0.15) is 9.21 Å². The number of aromatic nitrogens is 4. The number of carbonyl (C=O) groups excluding carboxylic acids is 5. The second kappa shape index (κ2) is 57.2. The minimum absolute atomic E-state index is 0. The minimum Gasteiger partial charge on any atom is -1.00 e. The van der Waals surface area contributed by atoms with E-state index < -0.39 is 54.1 Å². The first kappa shape index (κ1) is 86.2. The van der Waals surface area contributed by atoms with Crippen molar-refractivity contribution in [2.45, 2.75) is 34.6 Å². The molecule has 6 heterocycles. The molecule has 26 nitrogen and oxygen atoms in total. The van der Waals surface area contributed by atoms with Crippen LogP contribution in [0.1, 0.15) is 40.2 Å². The molecule has 36 heteroatoms. The van der Waals surface area contributed by atoms with Gasteiger partial charge >= 0.3 is 223 Å². The second-order valence-electron chi connectivity index (χ2n) is 11.0. The van der Waals surface area contributed by atoms with Crippen LogP contribution in [0.3, 0.4) is 0 Å². The number of anilines is 2. The van der Waals surface area contributed by atoms with Crippen LogP contribution in [0.4, 0.5) is 32.1 Å². The van der Waals surface area contributed by atoms with E-state index >= 15 is 0 Å². The maximum Gasteiger partial charge on any atom is 1.00 e. The number of rotatable bonds is 12. The summed E-state index contributed by atoms with van der Waals surface area (Å²) < 4.78 is 53.0. The topological polar surface area (TPSA) is 360 Å². The third-order valence-corrected chi connectivity index (χ3v) is 8.41. The molecule has 2 aliphatic heterocycles.